The normalized spacial score (nSPS) is 12.2. The van der Waals surface area contributed by atoms with E-state index in [9.17, 15) is 4.79 Å². The van der Waals surface area contributed by atoms with Crippen LogP contribution >= 0.6 is 11.6 Å². The Morgan fingerprint density at radius 3 is 2.78 bits per heavy atom. The van der Waals surface area contributed by atoms with Crippen molar-refractivity contribution in [3.8, 4) is 0 Å². The van der Waals surface area contributed by atoms with Crippen molar-refractivity contribution in [1.82, 2.24) is 5.32 Å². The summed E-state index contributed by atoms with van der Waals surface area (Å²) in [4.78, 5) is 11.7. The highest BCUT2D eigenvalue weighted by Gasteiger charge is 2.05. The van der Waals surface area contributed by atoms with E-state index < -0.39 is 0 Å². The Morgan fingerprint density at radius 2 is 2.11 bits per heavy atom. The number of halogens is 1. The summed E-state index contributed by atoms with van der Waals surface area (Å²) in [5.74, 6) is 1.32. The van der Waals surface area contributed by atoms with Crippen LogP contribution in [0.2, 0.25) is 0 Å². The molecule has 0 saturated heterocycles. The number of carbonyl (C=O) groups excluding carboxylic acids is 1. The van der Waals surface area contributed by atoms with Crippen LogP contribution in [0.4, 0.5) is 0 Å². The quantitative estimate of drug-likeness (QED) is 0.596. The third-order valence-electron chi connectivity index (χ3n) is 3.07. The van der Waals surface area contributed by atoms with Crippen LogP contribution in [0, 0.1) is 12.8 Å². The lowest BCUT2D eigenvalue weighted by Crippen LogP contribution is -2.26. The SMILES string of the molecule is Cc1ccccc1CC(=O)NCCCC(C)CCl. The van der Waals surface area contributed by atoms with Crippen molar-refractivity contribution < 1.29 is 4.79 Å². The van der Waals surface area contributed by atoms with E-state index >= 15 is 0 Å². The summed E-state index contributed by atoms with van der Waals surface area (Å²) in [5, 5.41) is 2.96. The van der Waals surface area contributed by atoms with Crippen molar-refractivity contribution >= 4 is 17.5 Å². The van der Waals surface area contributed by atoms with E-state index in [-0.39, 0.29) is 5.91 Å². The Hall–Kier alpha value is -1.02. The largest absolute Gasteiger partial charge is 0.356 e. The molecule has 1 aromatic carbocycles. The monoisotopic (exact) mass is 267 g/mol. The molecule has 0 bridgehead atoms. The van der Waals surface area contributed by atoms with Gasteiger partial charge in [-0.3, -0.25) is 4.79 Å². The van der Waals surface area contributed by atoms with E-state index in [0.29, 0.717) is 18.2 Å². The smallest absolute Gasteiger partial charge is 0.224 e. The first kappa shape index (κ1) is 15.0. The zero-order valence-corrected chi connectivity index (χ0v) is 12.0. The molecule has 0 heterocycles. The average molecular weight is 268 g/mol. The van der Waals surface area contributed by atoms with E-state index in [1.165, 1.54) is 5.56 Å². The zero-order valence-electron chi connectivity index (χ0n) is 11.2. The van der Waals surface area contributed by atoms with Gasteiger partial charge >= 0.3 is 0 Å². The van der Waals surface area contributed by atoms with Crippen LogP contribution in [0.5, 0.6) is 0 Å². The number of alkyl halides is 1. The lowest BCUT2D eigenvalue weighted by molar-refractivity contribution is -0.120. The van der Waals surface area contributed by atoms with E-state index in [1.807, 2.05) is 31.2 Å². The fraction of sp³-hybridized carbons (Fsp3) is 0.533. The number of amides is 1. The van der Waals surface area contributed by atoms with Crippen LogP contribution < -0.4 is 5.32 Å². The fourth-order valence-corrected chi connectivity index (χ4v) is 1.95. The van der Waals surface area contributed by atoms with E-state index in [1.54, 1.807) is 0 Å². The van der Waals surface area contributed by atoms with Crippen LogP contribution in [0.15, 0.2) is 24.3 Å². The van der Waals surface area contributed by atoms with Crippen molar-refractivity contribution in [3.05, 3.63) is 35.4 Å². The first-order valence-corrected chi connectivity index (χ1v) is 7.04. The number of rotatable bonds is 7. The van der Waals surface area contributed by atoms with E-state index in [4.69, 9.17) is 11.6 Å². The van der Waals surface area contributed by atoms with Gasteiger partial charge in [0.2, 0.25) is 5.91 Å². The van der Waals surface area contributed by atoms with Gasteiger partial charge in [-0.2, -0.15) is 0 Å². The van der Waals surface area contributed by atoms with Gasteiger partial charge in [0.05, 0.1) is 6.42 Å². The Morgan fingerprint density at radius 1 is 1.39 bits per heavy atom. The van der Waals surface area contributed by atoms with Crippen molar-refractivity contribution in [2.24, 2.45) is 5.92 Å². The van der Waals surface area contributed by atoms with Gasteiger partial charge in [0.25, 0.3) is 0 Å². The van der Waals surface area contributed by atoms with Gasteiger partial charge in [-0.1, -0.05) is 31.2 Å². The Labute approximate surface area is 115 Å². The van der Waals surface area contributed by atoms with E-state index in [2.05, 4.69) is 12.2 Å². The molecule has 0 aromatic heterocycles. The molecule has 0 saturated carbocycles. The zero-order chi connectivity index (χ0) is 13.4. The molecular formula is C15H22ClNO. The summed E-state index contributed by atoms with van der Waals surface area (Å²) in [7, 11) is 0. The molecule has 1 N–H and O–H groups in total. The molecule has 0 fully saturated rings. The first-order chi connectivity index (χ1) is 8.63. The van der Waals surface area contributed by atoms with Crippen LogP contribution in [0.1, 0.15) is 30.9 Å². The summed E-state index contributed by atoms with van der Waals surface area (Å²) >= 11 is 5.73. The van der Waals surface area contributed by atoms with Crippen molar-refractivity contribution in [3.63, 3.8) is 0 Å². The Kier molecular flexibility index (Phi) is 6.81. The Balaban J connectivity index is 2.24. The van der Waals surface area contributed by atoms with Crippen molar-refractivity contribution in [2.75, 3.05) is 12.4 Å². The minimum Gasteiger partial charge on any atom is -0.356 e. The maximum Gasteiger partial charge on any atom is 0.224 e. The highest BCUT2D eigenvalue weighted by molar-refractivity contribution is 6.18. The van der Waals surface area contributed by atoms with Gasteiger partial charge < -0.3 is 5.32 Å². The molecule has 0 radical (unpaired) electrons. The summed E-state index contributed by atoms with van der Waals surface area (Å²) in [6, 6.07) is 8.00. The topological polar surface area (TPSA) is 29.1 Å². The van der Waals surface area contributed by atoms with Gasteiger partial charge in [-0.15, -0.1) is 11.6 Å². The number of hydrogen-bond acceptors (Lipinski definition) is 1. The van der Waals surface area contributed by atoms with Gasteiger partial charge in [0, 0.05) is 12.4 Å². The molecule has 0 aliphatic rings. The summed E-state index contributed by atoms with van der Waals surface area (Å²) < 4.78 is 0. The summed E-state index contributed by atoms with van der Waals surface area (Å²) in [6.07, 6.45) is 2.53. The minimum atomic E-state index is 0.0998. The van der Waals surface area contributed by atoms with Gasteiger partial charge in [0.15, 0.2) is 0 Å². The summed E-state index contributed by atoms with van der Waals surface area (Å²) in [5.41, 5.74) is 2.27. The van der Waals surface area contributed by atoms with Crippen LogP contribution in [-0.4, -0.2) is 18.3 Å². The minimum absolute atomic E-state index is 0.0998. The van der Waals surface area contributed by atoms with Crippen molar-refractivity contribution in [1.29, 1.82) is 0 Å². The number of nitrogens with one attached hydrogen (secondary N) is 1. The molecule has 3 heteroatoms. The lowest BCUT2D eigenvalue weighted by Gasteiger charge is -2.09. The second-order valence-corrected chi connectivity index (χ2v) is 5.16. The number of carbonyl (C=O) groups is 1. The van der Waals surface area contributed by atoms with Crippen LogP contribution in [0.3, 0.4) is 0 Å². The Bertz CT molecular complexity index is 379. The molecule has 0 spiro atoms. The molecule has 1 atom stereocenters. The maximum absolute atomic E-state index is 11.7. The predicted octanol–water partition coefficient (Wildman–Crippen LogP) is 3.31. The standard InChI is InChI=1S/C15H22ClNO/c1-12(11-16)6-5-9-17-15(18)10-14-8-4-3-7-13(14)2/h3-4,7-8,12H,5-6,9-11H2,1-2H3,(H,17,18). The molecule has 0 aliphatic carbocycles. The lowest BCUT2D eigenvalue weighted by atomic mass is 10.1. The molecule has 1 rings (SSSR count). The second kappa shape index (κ2) is 8.15. The van der Waals surface area contributed by atoms with Crippen LogP contribution in [0.25, 0.3) is 0 Å². The molecule has 1 unspecified atom stereocenters. The molecule has 2 nitrogen and oxygen atoms in total. The highest BCUT2D eigenvalue weighted by Crippen LogP contribution is 2.08. The first-order valence-electron chi connectivity index (χ1n) is 6.50. The molecule has 1 amide bonds. The second-order valence-electron chi connectivity index (χ2n) is 4.85. The van der Waals surface area contributed by atoms with Crippen molar-refractivity contribution in [2.45, 2.75) is 33.1 Å². The third-order valence-corrected chi connectivity index (χ3v) is 3.60. The number of hydrogen-bond donors (Lipinski definition) is 1. The maximum atomic E-state index is 11.7. The number of benzene rings is 1. The number of aryl methyl sites for hydroxylation is 1. The average Bonchev–Trinajstić information content (AvgIpc) is 2.37. The van der Waals surface area contributed by atoms with Crippen LogP contribution in [-0.2, 0) is 11.2 Å². The third kappa shape index (κ3) is 5.54. The fourth-order valence-electron chi connectivity index (χ4n) is 1.80. The summed E-state index contributed by atoms with van der Waals surface area (Å²) in [6.45, 7) is 4.90. The predicted molar refractivity (Wildman–Crippen MR) is 77.0 cm³/mol. The molecule has 100 valence electrons. The van der Waals surface area contributed by atoms with Gasteiger partial charge in [-0.05, 0) is 36.8 Å². The molecule has 0 aliphatic heterocycles. The van der Waals surface area contributed by atoms with Gasteiger partial charge in [-0.25, -0.2) is 0 Å². The van der Waals surface area contributed by atoms with E-state index in [0.717, 1.165) is 24.9 Å². The van der Waals surface area contributed by atoms with Gasteiger partial charge in [0.1, 0.15) is 0 Å². The molecule has 18 heavy (non-hydrogen) atoms. The molecule has 1 aromatic rings. The highest BCUT2D eigenvalue weighted by atomic mass is 35.5. The molecular weight excluding hydrogens is 246 g/mol.